The molecular formula is C24H21NO. The summed E-state index contributed by atoms with van der Waals surface area (Å²) in [5.74, 6) is 0.306. The number of allylic oxidation sites excluding steroid dienone is 2. The van der Waals surface area contributed by atoms with Crippen LogP contribution in [0.25, 0.3) is 10.8 Å². The normalized spacial score (nSPS) is 21.6. The Morgan fingerprint density at radius 1 is 0.923 bits per heavy atom. The van der Waals surface area contributed by atoms with E-state index in [4.69, 9.17) is 0 Å². The van der Waals surface area contributed by atoms with Crippen molar-refractivity contribution in [1.29, 1.82) is 0 Å². The quantitative estimate of drug-likeness (QED) is 0.628. The zero-order valence-corrected chi connectivity index (χ0v) is 14.8. The molecule has 0 bridgehead atoms. The lowest BCUT2D eigenvalue weighted by Crippen LogP contribution is -2.34. The number of benzene rings is 3. The van der Waals surface area contributed by atoms with E-state index in [1.54, 1.807) is 0 Å². The molecule has 0 aromatic heterocycles. The fourth-order valence-corrected chi connectivity index (χ4v) is 4.51. The standard InChI is InChI=1S/C24H21NO/c1-15-9-11-17(12-10-15)22-23-18-6-3-2-5-16(18)13-14-20(23)25-19-7-4-8-21(26)24(19)22/h2-3,5-7,9-14,22,24-25H,4,8H2,1H3/t22-,24+/m0/s1. The molecule has 0 saturated carbocycles. The van der Waals surface area contributed by atoms with Crippen LogP contribution in [0.4, 0.5) is 5.69 Å². The van der Waals surface area contributed by atoms with Gasteiger partial charge >= 0.3 is 0 Å². The zero-order chi connectivity index (χ0) is 17.7. The van der Waals surface area contributed by atoms with Crippen molar-refractivity contribution < 1.29 is 4.79 Å². The summed E-state index contributed by atoms with van der Waals surface area (Å²) in [7, 11) is 0. The van der Waals surface area contributed by atoms with E-state index in [0.29, 0.717) is 12.2 Å². The van der Waals surface area contributed by atoms with E-state index in [-0.39, 0.29) is 11.8 Å². The molecule has 5 rings (SSSR count). The minimum Gasteiger partial charge on any atom is -0.358 e. The van der Waals surface area contributed by atoms with Crippen LogP contribution in [-0.2, 0) is 4.79 Å². The molecule has 3 aromatic carbocycles. The Balaban J connectivity index is 1.82. The number of anilines is 1. The number of hydrogen-bond acceptors (Lipinski definition) is 2. The average Bonchev–Trinajstić information content (AvgIpc) is 2.67. The molecule has 2 nitrogen and oxygen atoms in total. The number of ketones is 1. The third kappa shape index (κ3) is 2.29. The lowest BCUT2D eigenvalue weighted by molar-refractivity contribution is -0.122. The molecule has 0 saturated heterocycles. The van der Waals surface area contributed by atoms with E-state index in [2.05, 4.69) is 79.0 Å². The van der Waals surface area contributed by atoms with Gasteiger partial charge in [-0.1, -0.05) is 66.2 Å². The van der Waals surface area contributed by atoms with Crippen LogP contribution in [0, 0.1) is 12.8 Å². The molecule has 0 fully saturated rings. The van der Waals surface area contributed by atoms with Gasteiger partial charge < -0.3 is 5.32 Å². The predicted octanol–water partition coefficient (Wildman–Crippen LogP) is 5.57. The molecule has 0 spiro atoms. The second kappa shape index (κ2) is 5.84. The summed E-state index contributed by atoms with van der Waals surface area (Å²) < 4.78 is 0. The van der Waals surface area contributed by atoms with E-state index in [1.807, 2.05) is 0 Å². The molecule has 0 amide bonds. The molecule has 1 aliphatic heterocycles. The van der Waals surface area contributed by atoms with E-state index in [1.165, 1.54) is 27.5 Å². The molecule has 3 aromatic rings. The first-order valence-corrected chi connectivity index (χ1v) is 9.30. The Kier molecular flexibility index (Phi) is 3.46. The molecule has 26 heavy (non-hydrogen) atoms. The summed E-state index contributed by atoms with van der Waals surface area (Å²) in [4.78, 5) is 12.9. The Morgan fingerprint density at radius 3 is 2.58 bits per heavy atom. The smallest absolute Gasteiger partial charge is 0.143 e. The van der Waals surface area contributed by atoms with E-state index in [9.17, 15) is 4.79 Å². The lowest BCUT2D eigenvalue weighted by atomic mass is 9.70. The summed E-state index contributed by atoms with van der Waals surface area (Å²) in [6.45, 7) is 2.10. The van der Waals surface area contributed by atoms with Crippen molar-refractivity contribution in [3.05, 3.63) is 89.1 Å². The number of nitrogens with one attached hydrogen (secondary N) is 1. The summed E-state index contributed by atoms with van der Waals surface area (Å²) in [6.07, 6.45) is 3.69. The number of carbonyl (C=O) groups excluding carboxylic acids is 1. The summed E-state index contributed by atoms with van der Waals surface area (Å²) in [5.41, 5.74) is 5.93. The molecule has 1 N–H and O–H groups in total. The van der Waals surface area contributed by atoms with Crippen molar-refractivity contribution in [3.8, 4) is 0 Å². The van der Waals surface area contributed by atoms with Crippen LogP contribution >= 0.6 is 0 Å². The number of carbonyl (C=O) groups is 1. The second-order valence-corrected chi connectivity index (χ2v) is 7.40. The molecule has 0 radical (unpaired) electrons. The van der Waals surface area contributed by atoms with Crippen molar-refractivity contribution in [3.63, 3.8) is 0 Å². The maximum Gasteiger partial charge on any atom is 0.143 e. The molecule has 2 aliphatic rings. The van der Waals surface area contributed by atoms with Gasteiger partial charge in [-0.2, -0.15) is 0 Å². The van der Waals surface area contributed by atoms with Crippen LogP contribution in [0.1, 0.15) is 35.4 Å². The third-order valence-corrected chi connectivity index (χ3v) is 5.77. The van der Waals surface area contributed by atoms with Crippen LogP contribution in [0.15, 0.2) is 72.4 Å². The van der Waals surface area contributed by atoms with Gasteiger partial charge in [0.05, 0.1) is 5.92 Å². The van der Waals surface area contributed by atoms with Gasteiger partial charge in [-0.25, -0.2) is 0 Å². The maximum absolute atomic E-state index is 12.9. The van der Waals surface area contributed by atoms with Crippen LogP contribution in [0.3, 0.4) is 0 Å². The van der Waals surface area contributed by atoms with Crippen LogP contribution in [-0.4, -0.2) is 5.78 Å². The van der Waals surface area contributed by atoms with Gasteiger partial charge in [0.15, 0.2) is 0 Å². The molecule has 2 atom stereocenters. The minimum absolute atomic E-state index is 0.0667. The highest BCUT2D eigenvalue weighted by molar-refractivity contribution is 5.96. The Bertz CT molecular complexity index is 1050. The van der Waals surface area contributed by atoms with E-state index in [0.717, 1.165) is 17.8 Å². The first kappa shape index (κ1) is 15.4. The SMILES string of the molecule is Cc1ccc([C@H]2c3c(ccc4ccccc34)NC3=CCCC(=O)[C@@H]32)cc1. The first-order valence-electron chi connectivity index (χ1n) is 9.30. The Labute approximate surface area is 153 Å². The van der Waals surface area contributed by atoms with Gasteiger partial charge in [0.1, 0.15) is 5.78 Å². The molecule has 0 unspecified atom stereocenters. The van der Waals surface area contributed by atoms with Crippen molar-refractivity contribution in [1.82, 2.24) is 0 Å². The van der Waals surface area contributed by atoms with Crippen molar-refractivity contribution in [2.75, 3.05) is 5.32 Å². The maximum atomic E-state index is 12.9. The van der Waals surface area contributed by atoms with Gasteiger partial charge in [-0.05, 0) is 41.3 Å². The first-order chi connectivity index (χ1) is 12.7. The van der Waals surface area contributed by atoms with Crippen LogP contribution < -0.4 is 5.32 Å². The van der Waals surface area contributed by atoms with Gasteiger partial charge in [0.25, 0.3) is 0 Å². The highest BCUT2D eigenvalue weighted by Crippen LogP contribution is 2.49. The molecule has 1 heterocycles. The third-order valence-electron chi connectivity index (χ3n) is 5.77. The summed E-state index contributed by atoms with van der Waals surface area (Å²) in [6, 6.07) is 21.5. The predicted molar refractivity (Wildman–Crippen MR) is 106 cm³/mol. The average molecular weight is 339 g/mol. The van der Waals surface area contributed by atoms with Crippen LogP contribution in [0.5, 0.6) is 0 Å². The number of rotatable bonds is 1. The zero-order valence-electron chi connectivity index (χ0n) is 14.8. The van der Waals surface area contributed by atoms with Crippen molar-refractivity contribution >= 4 is 22.2 Å². The molecular weight excluding hydrogens is 318 g/mol. The topological polar surface area (TPSA) is 29.1 Å². The van der Waals surface area contributed by atoms with Gasteiger partial charge in [0.2, 0.25) is 0 Å². The number of Topliss-reactive ketones (excluding diaryl/α,β-unsaturated/α-hetero) is 1. The fraction of sp³-hybridized carbons (Fsp3) is 0.208. The Morgan fingerprint density at radius 2 is 1.73 bits per heavy atom. The molecule has 1 aliphatic carbocycles. The molecule has 2 heteroatoms. The number of fused-ring (bicyclic) bond motifs is 4. The van der Waals surface area contributed by atoms with E-state index >= 15 is 0 Å². The van der Waals surface area contributed by atoms with Gasteiger partial charge in [-0.15, -0.1) is 0 Å². The minimum atomic E-state index is -0.107. The Hall–Kier alpha value is -2.87. The van der Waals surface area contributed by atoms with Gasteiger partial charge in [0, 0.05) is 23.7 Å². The van der Waals surface area contributed by atoms with Crippen molar-refractivity contribution in [2.24, 2.45) is 5.92 Å². The highest BCUT2D eigenvalue weighted by Gasteiger charge is 2.40. The van der Waals surface area contributed by atoms with Gasteiger partial charge in [-0.3, -0.25) is 4.79 Å². The lowest BCUT2D eigenvalue weighted by Gasteiger charge is -2.38. The summed E-state index contributed by atoms with van der Waals surface area (Å²) in [5, 5.41) is 6.03. The highest BCUT2D eigenvalue weighted by atomic mass is 16.1. The second-order valence-electron chi connectivity index (χ2n) is 7.40. The van der Waals surface area contributed by atoms with Crippen molar-refractivity contribution in [2.45, 2.75) is 25.7 Å². The van der Waals surface area contributed by atoms with E-state index < -0.39 is 0 Å². The largest absolute Gasteiger partial charge is 0.358 e. The summed E-state index contributed by atoms with van der Waals surface area (Å²) >= 11 is 0. The van der Waals surface area contributed by atoms with Crippen LogP contribution in [0.2, 0.25) is 0 Å². The fourth-order valence-electron chi connectivity index (χ4n) is 4.51. The number of hydrogen-bond donors (Lipinski definition) is 1. The monoisotopic (exact) mass is 339 g/mol. The molecule has 128 valence electrons. The number of aryl methyl sites for hydroxylation is 1.